The van der Waals surface area contributed by atoms with Gasteiger partial charge >= 0.3 is 0 Å². The minimum absolute atomic E-state index is 0.0593. The molecule has 0 amide bonds. The van der Waals surface area contributed by atoms with Gasteiger partial charge in [-0.15, -0.1) is 0 Å². The third-order valence-corrected chi connectivity index (χ3v) is 3.33. The second-order valence-electron chi connectivity index (χ2n) is 4.94. The standard InChI is InChI=1S/C16H18N2O3/c1-12-6-5-9-15(16(12)18(20)21)17-14(11-19)10-13-7-3-2-4-8-13/h2-9,14,17,19H,10-11H2,1H3. The van der Waals surface area contributed by atoms with Gasteiger partial charge in [-0.25, -0.2) is 0 Å². The van der Waals surface area contributed by atoms with Crippen LogP contribution in [0.5, 0.6) is 0 Å². The Morgan fingerprint density at radius 3 is 2.52 bits per heavy atom. The average molecular weight is 286 g/mol. The van der Waals surface area contributed by atoms with E-state index in [0.717, 1.165) is 5.56 Å². The van der Waals surface area contributed by atoms with Gasteiger partial charge in [-0.05, 0) is 25.0 Å². The number of aliphatic hydroxyl groups excluding tert-OH is 1. The second kappa shape index (κ2) is 6.85. The molecule has 5 heteroatoms. The molecule has 21 heavy (non-hydrogen) atoms. The van der Waals surface area contributed by atoms with Crippen LogP contribution in [0.15, 0.2) is 48.5 Å². The molecule has 0 spiro atoms. The predicted octanol–water partition coefficient (Wildman–Crippen LogP) is 2.92. The number of aliphatic hydroxyl groups is 1. The molecule has 2 aromatic rings. The van der Waals surface area contributed by atoms with Crippen LogP contribution in [0.1, 0.15) is 11.1 Å². The summed E-state index contributed by atoms with van der Waals surface area (Å²) in [4.78, 5) is 10.8. The number of nitro groups is 1. The maximum Gasteiger partial charge on any atom is 0.295 e. The normalized spacial score (nSPS) is 11.9. The van der Waals surface area contributed by atoms with Crippen LogP contribution in [0.2, 0.25) is 0 Å². The first-order chi connectivity index (χ1) is 10.1. The van der Waals surface area contributed by atoms with Gasteiger partial charge in [0.1, 0.15) is 5.69 Å². The lowest BCUT2D eigenvalue weighted by Gasteiger charge is -2.18. The Morgan fingerprint density at radius 1 is 1.19 bits per heavy atom. The Morgan fingerprint density at radius 2 is 1.90 bits per heavy atom. The SMILES string of the molecule is Cc1cccc(NC(CO)Cc2ccccc2)c1[N+](=O)[O-]. The van der Waals surface area contributed by atoms with E-state index in [0.29, 0.717) is 17.7 Å². The molecule has 0 fully saturated rings. The summed E-state index contributed by atoms with van der Waals surface area (Å²) in [6, 6.07) is 14.6. The second-order valence-corrected chi connectivity index (χ2v) is 4.94. The molecule has 0 heterocycles. The fraction of sp³-hybridized carbons (Fsp3) is 0.250. The van der Waals surface area contributed by atoms with E-state index in [1.807, 2.05) is 30.3 Å². The number of anilines is 1. The van der Waals surface area contributed by atoms with Crippen molar-refractivity contribution in [2.75, 3.05) is 11.9 Å². The average Bonchev–Trinajstić information content (AvgIpc) is 2.47. The highest BCUT2D eigenvalue weighted by atomic mass is 16.6. The van der Waals surface area contributed by atoms with E-state index in [-0.39, 0.29) is 18.3 Å². The Balaban J connectivity index is 2.19. The van der Waals surface area contributed by atoms with Crippen molar-refractivity contribution in [1.29, 1.82) is 0 Å². The summed E-state index contributed by atoms with van der Waals surface area (Å²) in [7, 11) is 0. The minimum Gasteiger partial charge on any atom is -0.394 e. The highest BCUT2D eigenvalue weighted by Gasteiger charge is 2.19. The molecule has 0 aliphatic heterocycles. The van der Waals surface area contributed by atoms with Crippen molar-refractivity contribution in [3.8, 4) is 0 Å². The summed E-state index contributed by atoms with van der Waals surface area (Å²) >= 11 is 0. The van der Waals surface area contributed by atoms with Crippen molar-refractivity contribution in [2.45, 2.75) is 19.4 Å². The molecule has 0 saturated heterocycles. The minimum atomic E-state index is -0.394. The van der Waals surface area contributed by atoms with Crippen molar-refractivity contribution >= 4 is 11.4 Å². The monoisotopic (exact) mass is 286 g/mol. The fourth-order valence-electron chi connectivity index (χ4n) is 2.30. The van der Waals surface area contributed by atoms with E-state index in [4.69, 9.17) is 0 Å². The number of aryl methyl sites for hydroxylation is 1. The maximum atomic E-state index is 11.2. The van der Waals surface area contributed by atoms with Gasteiger partial charge in [-0.3, -0.25) is 10.1 Å². The third kappa shape index (κ3) is 3.79. The van der Waals surface area contributed by atoms with Crippen LogP contribution in [0.25, 0.3) is 0 Å². The number of benzene rings is 2. The van der Waals surface area contributed by atoms with Crippen molar-refractivity contribution in [2.24, 2.45) is 0 Å². The number of para-hydroxylation sites is 1. The van der Waals surface area contributed by atoms with E-state index in [9.17, 15) is 15.2 Å². The molecule has 0 radical (unpaired) electrons. The topological polar surface area (TPSA) is 75.4 Å². The number of nitrogens with zero attached hydrogens (tertiary/aromatic N) is 1. The zero-order valence-electron chi connectivity index (χ0n) is 11.8. The molecule has 0 aromatic heterocycles. The van der Waals surface area contributed by atoms with E-state index in [1.54, 1.807) is 25.1 Å². The molecule has 2 N–H and O–H groups in total. The Kier molecular flexibility index (Phi) is 4.90. The number of hydrogen-bond donors (Lipinski definition) is 2. The first kappa shape index (κ1) is 15.0. The Hall–Kier alpha value is -2.40. The molecule has 2 rings (SSSR count). The van der Waals surface area contributed by atoms with Crippen molar-refractivity contribution in [3.63, 3.8) is 0 Å². The molecular weight excluding hydrogens is 268 g/mol. The summed E-state index contributed by atoms with van der Waals surface area (Å²) < 4.78 is 0. The highest BCUT2D eigenvalue weighted by molar-refractivity contribution is 5.65. The summed E-state index contributed by atoms with van der Waals surface area (Å²) in [5.74, 6) is 0. The van der Waals surface area contributed by atoms with Gasteiger partial charge in [0.2, 0.25) is 0 Å². The first-order valence-electron chi connectivity index (χ1n) is 6.77. The van der Waals surface area contributed by atoms with Crippen LogP contribution in [0.4, 0.5) is 11.4 Å². The van der Waals surface area contributed by atoms with Crippen molar-refractivity contribution in [3.05, 3.63) is 69.8 Å². The van der Waals surface area contributed by atoms with Crippen LogP contribution in [0, 0.1) is 17.0 Å². The summed E-state index contributed by atoms with van der Waals surface area (Å²) in [6.45, 7) is 1.61. The van der Waals surface area contributed by atoms with Crippen LogP contribution < -0.4 is 5.32 Å². The van der Waals surface area contributed by atoms with Gasteiger partial charge in [0.05, 0.1) is 17.6 Å². The predicted molar refractivity (Wildman–Crippen MR) is 82.5 cm³/mol. The molecule has 5 nitrogen and oxygen atoms in total. The summed E-state index contributed by atoms with van der Waals surface area (Å²) in [5.41, 5.74) is 2.17. The smallest absolute Gasteiger partial charge is 0.295 e. The van der Waals surface area contributed by atoms with E-state index in [1.165, 1.54) is 0 Å². The Labute approximate surface area is 123 Å². The Bertz CT molecular complexity index is 614. The van der Waals surface area contributed by atoms with Gasteiger partial charge in [0.15, 0.2) is 0 Å². The van der Waals surface area contributed by atoms with E-state index in [2.05, 4.69) is 5.32 Å². The molecule has 1 unspecified atom stereocenters. The first-order valence-corrected chi connectivity index (χ1v) is 6.77. The largest absolute Gasteiger partial charge is 0.394 e. The van der Waals surface area contributed by atoms with Crippen molar-refractivity contribution < 1.29 is 10.0 Å². The molecule has 1 atom stereocenters. The van der Waals surface area contributed by atoms with Crippen LogP contribution in [0.3, 0.4) is 0 Å². The molecular formula is C16H18N2O3. The lowest BCUT2D eigenvalue weighted by atomic mass is 10.1. The van der Waals surface area contributed by atoms with Gasteiger partial charge < -0.3 is 10.4 Å². The van der Waals surface area contributed by atoms with Crippen LogP contribution in [-0.4, -0.2) is 22.7 Å². The quantitative estimate of drug-likeness (QED) is 0.632. The number of nitrogens with one attached hydrogen (secondary N) is 1. The van der Waals surface area contributed by atoms with Crippen LogP contribution >= 0.6 is 0 Å². The van der Waals surface area contributed by atoms with Gasteiger partial charge in [0.25, 0.3) is 5.69 Å². The lowest BCUT2D eigenvalue weighted by Crippen LogP contribution is -2.26. The van der Waals surface area contributed by atoms with Gasteiger partial charge in [0, 0.05) is 5.56 Å². The maximum absolute atomic E-state index is 11.2. The third-order valence-electron chi connectivity index (χ3n) is 3.33. The number of nitro benzene ring substituents is 1. The summed E-state index contributed by atoms with van der Waals surface area (Å²) in [6.07, 6.45) is 0.600. The molecule has 0 aliphatic rings. The highest BCUT2D eigenvalue weighted by Crippen LogP contribution is 2.28. The van der Waals surface area contributed by atoms with E-state index >= 15 is 0 Å². The van der Waals surface area contributed by atoms with Crippen LogP contribution in [-0.2, 0) is 6.42 Å². The zero-order chi connectivity index (χ0) is 15.2. The molecule has 2 aromatic carbocycles. The van der Waals surface area contributed by atoms with Gasteiger partial charge in [-0.1, -0.05) is 42.5 Å². The number of hydrogen-bond acceptors (Lipinski definition) is 4. The molecule has 0 saturated carbocycles. The molecule has 0 bridgehead atoms. The molecule has 110 valence electrons. The zero-order valence-corrected chi connectivity index (χ0v) is 11.8. The van der Waals surface area contributed by atoms with Gasteiger partial charge in [-0.2, -0.15) is 0 Å². The van der Waals surface area contributed by atoms with E-state index < -0.39 is 4.92 Å². The summed E-state index contributed by atoms with van der Waals surface area (Å²) in [5, 5.41) is 23.8. The lowest BCUT2D eigenvalue weighted by molar-refractivity contribution is -0.384. The van der Waals surface area contributed by atoms with Crippen molar-refractivity contribution in [1.82, 2.24) is 0 Å². The fourth-order valence-corrected chi connectivity index (χ4v) is 2.30. The number of rotatable bonds is 6. The molecule has 0 aliphatic carbocycles.